The number of likely N-dealkylation sites (tertiary alicyclic amines) is 1. The molecule has 1 heterocycles. The Kier molecular flexibility index (Phi) is 6.93. The van der Waals surface area contributed by atoms with E-state index in [9.17, 15) is 4.39 Å². The van der Waals surface area contributed by atoms with Crippen LogP contribution in [0.3, 0.4) is 0 Å². The molecule has 3 heteroatoms. The number of halogens is 1. The molecule has 1 saturated heterocycles. The smallest absolute Gasteiger partial charge is 0.108 e. The molecule has 0 aromatic heterocycles. The Morgan fingerprint density at radius 2 is 1.10 bits per heavy atom. The first-order valence-corrected chi connectivity index (χ1v) is 10.9. The standard InChI is InChI=1S/C27H31FN2/c28-23-27(16-18-29(19-17-27)20-24-10-4-1-5-11-24)30(21-25-12-6-2-7-13-25)22-26-14-8-3-9-15-26/h1-15H,16-23H2. The quantitative estimate of drug-likeness (QED) is 0.477. The molecule has 3 aromatic carbocycles. The molecule has 4 rings (SSSR count). The number of nitrogens with zero attached hydrogens (tertiary/aromatic N) is 2. The van der Waals surface area contributed by atoms with E-state index in [2.05, 4.69) is 88.7 Å². The molecule has 0 amide bonds. The number of hydrogen-bond acceptors (Lipinski definition) is 2. The predicted molar refractivity (Wildman–Crippen MR) is 122 cm³/mol. The van der Waals surface area contributed by atoms with E-state index in [1.807, 2.05) is 12.1 Å². The van der Waals surface area contributed by atoms with Crippen molar-refractivity contribution in [2.75, 3.05) is 19.8 Å². The summed E-state index contributed by atoms with van der Waals surface area (Å²) in [7, 11) is 0. The van der Waals surface area contributed by atoms with Gasteiger partial charge in [-0.15, -0.1) is 0 Å². The highest BCUT2D eigenvalue weighted by Gasteiger charge is 2.40. The molecule has 0 spiro atoms. The first kappa shape index (κ1) is 20.8. The fourth-order valence-electron chi connectivity index (χ4n) is 4.50. The highest BCUT2D eigenvalue weighted by atomic mass is 19.1. The van der Waals surface area contributed by atoms with Crippen LogP contribution in [0.4, 0.5) is 4.39 Å². The van der Waals surface area contributed by atoms with Crippen LogP contribution < -0.4 is 0 Å². The van der Waals surface area contributed by atoms with Gasteiger partial charge in [-0.1, -0.05) is 91.0 Å². The Morgan fingerprint density at radius 3 is 1.53 bits per heavy atom. The van der Waals surface area contributed by atoms with Gasteiger partial charge in [-0.3, -0.25) is 9.80 Å². The van der Waals surface area contributed by atoms with Gasteiger partial charge >= 0.3 is 0 Å². The molecule has 1 aliphatic heterocycles. The van der Waals surface area contributed by atoms with Crippen LogP contribution in [0.1, 0.15) is 29.5 Å². The van der Waals surface area contributed by atoms with Crippen LogP contribution in [0.2, 0.25) is 0 Å². The zero-order chi connectivity index (χ0) is 20.7. The van der Waals surface area contributed by atoms with E-state index in [0.29, 0.717) is 0 Å². The van der Waals surface area contributed by atoms with Crippen molar-refractivity contribution in [2.24, 2.45) is 0 Å². The molecule has 1 aliphatic rings. The van der Waals surface area contributed by atoms with Gasteiger partial charge in [0, 0.05) is 32.7 Å². The summed E-state index contributed by atoms with van der Waals surface area (Å²) in [5.41, 5.74) is 3.41. The van der Waals surface area contributed by atoms with E-state index < -0.39 is 5.54 Å². The summed E-state index contributed by atoms with van der Waals surface area (Å²) in [5, 5.41) is 0. The van der Waals surface area contributed by atoms with E-state index in [0.717, 1.165) is 45.6 Å². The van der Waals surface area contributed by atoms with Gasteiger partial charge in [0.25, 0.3) is 0 Å². The number of benzene rings is 3. The zero-order valence-electron chi connectivity index (χ0n) is 17.6. The van der Waals surface area contributed by atoms with Crippen molar-refractivity contribution in [1.82, 2.24) is 9.80 Å². The Morgan fingerprint density at radius 1 is 0.667 bits per heavy atom. The van der Waals surface area contributed by atoms with E-state index in [4.69, 9.17) is 0 Å². The maximum Gasteiger partial charge on any atom is 0.108 e. The lowest BCUT2D eigenvalue weighted by Gasteiger charge is -2.47. The van der Waals surface area contributed by atoms with Crippen molar-refractivity contribution in [1.29, 1.82) is 0 Å². The van der Waals surface area contributed by atoms with Gasteiger partial charge in [-0.05, 0) is 29.5 Å². The number of piperidine rings is 1. The molecule has 0 N–H and O–H groups in total. The monoisotopic (exact) mass is 402 g/mol. The van der Waals surface area contributed by atoms with Crippen LogP contribution in [0.25, 0.3) is 0 Å². The molecule has 0 unspecified atom stereocenters. The van der Waals surface area contributed by atoms with Crippen molar-refractivity contribution < 1.29 is 4.39 Å². The van der Waals surface area contributed by atoms with E-state index in [1.54, 1.807) is 0 Å². The topological polar surface area (TPSA) is 6.48 Å². The van der Waals surface area contributed by atoms with Crippen LogP contribution in [0, 0.1) is 0 Å². The Hall–Kier alpha value is -2.49. The summed E-state index contributed by atoms with van der Waals surface area (Å²) in [6.07, 6.45) is 1.71. The summed E-state index contributed by atoms with van der Waals surface area (Å²) in [5.74, 6) is 0. The molecule has 30 heavy (non-hydrogen) atoms. The fraction of sp³-hybridized carbons (Fsp3) is 0.333. The molecule has 0 bridgehead atoms. The third-order valence-electron chi connectivity index (χ3n) is 6.39. The average molecular weight is 403 g/mol. The van der Waals surface area contributed by atoms with Crippen LogP contribution >= 0.6 is 0 Å². The highest BCUT2D eigenvalue weighted by molar-refractivity contribution is 5.19. The summed E-state index contributed by atoms with van der Waals surface area (Å²) in [4.78, 5) is 4.85. The first-order chi connectivity index (χ1) is 14.8. The maximum atomic E-state index is 14.7. The van der Waals surface area contributed by atoms with Gasteiger partial charge in [0.2, 0.25) is 0 Å². The minimum absolute atomic E-state index is 0.300. The minimum atomic E-state index is -0.404. The molecule has 0 saturated carbocycles. The maximum absolute atomic E-state index is 14.7. The molecule has 2 nitrogen and oxygen atoms in total. The summed E-state index contributed by atoms with van der Waals surface area (Å²) >= 11 is 0. The van der Waals surface area contributed by atoms with Gasteiger partial charge in [-0.2, -0.15) is 0 Å². The molecule has 0 atom stereocenters. The van der Waals surface area contributed by atoms with Gasteiger partial charge < -0.3 is 0 Å². The second-order valence-electron chi connectivity index (χ2n) is 8.45. The lowest BCUT2D eigenvalue weighted by molar-refractivity contribution is -0.0104. The Labute approximate surface area is 180 Å². The van der Waals surface area contributed by atoms with E-state index in [1.165, 1.54) is 16.7 Å². The molecule has 0 radical (unpaired) electrons. The SMILES string of the molecule is FCC1(N(Cc2ccccc2)Cc2ccccc2)CCN(Cc2ccccc2)CC1. The third kappa shape index (κ3) is 5.16. The van der Waals surface area contributed by atoms with Crippen LogP contribution in [-0.2, 0) is 19.6 Å². The highest BCUT2D eigenvalue weighted by Crippen LogP contribution is 2.33. The molecule has 3 aromatic rings. The lowest BCUT2D eigenvalue weighted by atomic mass is 9.85. The van der Waals surface area contributed by atoms with Crippen molar-refractivity contribution >= 4 is 0 Å². The normalized spacial score (nSPS) is 16.6. The van der Waals surface area contributed by atoms with Gasteiger partial charge in [0.15, 0.2) is 0 Å². The van der Waals surface area contributed by atoms with Crippen LogP contribution in [0.5, 0.6) is 0 Å². The van der Waals surface area contributed by atoms with Crippen molar-refractivity contribution in [3.8, 4) is 0 Å². The number of hydrogen-bond donors (Lipinski definition) is 0. The molecule has 0 aliphatic carbocycles. The van der Waals surface area contributed by atoms with Gasteiger partial charge in [0.1, 0.15) is 6.67 Å². The molecule has 1 fully saturated rings. The lowest BCUT2D eigenvalue weighted by Crippen LogP contribution is -2.56. The third-order valence-corrected chi connectivity index (χ3v) is 6.39. The fourth-order valence-corrected chi connectivity index (χ4v) is 4.50. The van der Waals surface area contributed by atoms with E-state index >= 15 is 0 Å². The predicted octanol–water partition coefficient (Wildman–Crippen LogP) is 5.69. The van der Waals surface area contributed by atoms with Crippen molar-refractivity contribution in [3.63, 3.8) is 0 Å². The zero-order valence-corrected chi connectivity index (χ0v) is 17.6. The number of alkyl halides is 1. The average Bonchev–Trinajstić information content (AvgIpc) is 2.81. The summed E-state index contributed by atoms with van der Waals surface area (Å²) in [6.45, 7) is 4.06. The second-order valence-corrected chi connectivity index (χ2v) is 8.45. The first-order valence-electron chi connectivity index (χ1n) is 10.9. The second kappa shape index (κ2) is 10.0. The molecule has 156 valence electrons. The van der Waals surface area contributed by atoms with Crippen molar-refractivity contribution in [3.05, 3.63) is 108 Å². The molecular formula is C27H31FN2. The Bertz CT molecular complexity index is 833. The summed E-state index contributed by atoms with van der Waals surface area (Å²) < 4.78 is 14.7. The Balaban J connectivity index is 1.50. The number of rotatable bonds is 8. The van der Waals surface area contributed by atoms with Gasteiger partial charge in [-0.25, -0.2) is 4.39 Å². The van der Waals surface area contributed by atoms with E-state index in [-0.39, 0.29) is 6.67 Å². The molecular weight excluding hydrogens is 371 g/mol. The van der Waals surface area contributed by atoms with Crippen molar-refractivity contribution in [2.45, 2.75) is 38.0 Å². The van der Waals surface area contributed by atoms with Crippen LogP contribution in [-0.4, -0.2) is 35.1 Å². The van der Waals surface area contributed by atoms with Gasteiger partial charge in [0.05, 0.1) is 5.54 Å². The van der Waals surface area contributed by atoms with Crippen LogP contribution in [0.15, 0.2) is 91.0 Å². The minimum Gasteiger partial charge on any atom is -0.299 e. The largest absolute Gasteiger partial charge is 0.299 e. The summed E-state index contributed by atoms with van der Waals surface area (Å²) in [6, 6.07) is 31.5.